The van der Waals surface area contributed by atoms with Crippen molar-refractivity contribution < 1.29 is 49.0 Å². The summed E-state index contributed by atoms with van der Waals surface area (Å²) in [4.78, 5) is 0. The van der Waals surface area contributed by atoms with Crippen LogP contribution in [-0.2, 0) is 9.47 Å². The maximum atomic E-state index is 12.8. The van der Waals surface area contributed by atoms with Gasteiger partial charge in [-0.05, 0) is 6.58 Å². The van der Waals surface area contributed by atoms with Crippen LogP contribution in [0, 0.1) is 0 Å². The Hall–Kier alpha value is -1.13. The van der Waals surface area contributed by atoms with Crippen molar-refractivity contribution in [1.82, 2.24) is 0 Å². The molecule has 0 aliphatic heterocycles. The Morgan fingerprint density at radius 1 is 0.900 bits per heavy atom. The van der Waals surface area contributed by atoms with Crippen LogP contribution in [0.3, 0.4) is 0 Å². The molecule has 0 saturated carbocycles. The van der Waals surface area contributed by atoms with Gasteiger partial charge in [-0.1, -0.05) is 6.92 Å². The minimum atomic E-state index is -5.60. The van der Waals surface area contributed by atoms with Gasteiger partial charge in [0.15, 0.2) is 0 Å². The van der Waals surface area contributed by atoms with Crippen LogP contribution in [0.2, 0.25) is 0 Å². The Kier molecular flexibility index (Phi) is 5.38. The summed E-state index contributed by atoms with van der Waals surface area (Å²) in [5.74, 6) is -10.3. The molecule has 120 valence electrons. The predicted molar refractivity (Wildman–Crippen MR) is 47.4 cm³/mol. The smallest absolute Gasteiger partial charge is 0.402 e. The van der Waals surface area contributed by atoms with Gasteiger partial charge in [-0.15, -0.1) is 0 Å². The molecule has 0 unspecified atom stereocenters. The van der Waals surface area contributed by atoms with E-state index in [-0.39, 0.29) is 0 Å². The molecule has 0 radical (unpaired) electrons. The molecule has 20 heavy (non-hydrogen) atoms. The normalized spacial score (nSPS) is 14.3. The summed E-state index contributed by atoms with van der Waals surface area (Å²) in [6.45, 7) is -0.122. The third-order valence-electron chi connectivity index (χ3n) is 1.97. The third-order valence-corrected chi connectivity index (χ3v) is 1.97. The number of rotatable bonds is 8. The standard InChI is InChI=1S/C9H9F9O2/c1-3-6(11,12)8(15,16)19-4-7(13,14)9(17,18)20-5(2)10/h2-4H2,1H3. The molecule has 0 heterocycles. The van der Waals surface area contributed by atoms with Crippen molar-refractivity contribution >= 4 is 0 Å². The van der Waals surface area contributed by atoms with E-state index in [2.05, 4.69) is 16.1 Å². The zero-order valence-corrected chi connectivity index (χ0v) is 9.84. The second kappa shape index (κ2) is 5.70. The highest BCUT2D eigenvalue weighted by atomic mass is 19.3. The highest BCUT2D eigenvalue weighted by Gasteiger charge is 2.64. The fourth-order valence-corrected chi connectivity index (χ4v) is 0.790. The van der Waals surface area contributed by atoms with E-state index in [4.69, 9.17) is 0 Å². The topological polar surface area (TPSA) is 18.5 Å². The van der Waals surface area contributed by atoms with Gasteiger partial charge in [0.05, 0.1) is 0 Å². The number of hydrogen-bond acceptors (Lipinski definition) is 2. The molecule has 0 fully saturated rings. The zero-order valence-electron chi connectivity index (χ0n) is 9.84. The van der Waals surface area contributed by atoms with E-state index in [9.17, 15) is 39.5 Å². The Bertz CT molecular complexity index is 353. The van der Waals surface area contributed by atoms with Crippen molar-refractivity contribution in [2.75, 3.05) is 6.61 Å². The van der Waals surface area contributed by atoms with Crippen LogP contribution >= 0.6 is 0 Å². The molecule has 0 bridgehead atoms. The van der Waals surface area contributed by atoms with Crippen LogP contribution in [0.15, 0.2) is 12.6 Å². The van der Waals surface area contributed by atoms with Gasteiger partial charge in [0.25, 0.3) is 6.01 Å². The fraction of sp³-hybridized carbons (Fsp3) is 0.778. The van der Waals surface area contributed by atoms with E-state index in [0.29, 0.717) is 6.92 Å². The van der Waals surface area contributed by atoms with Crippen molar-refractivity contribution in [2.45, 2.75) is 37.4 Å². The molecule has 0 aromatic heterocycles. The second-order valence-electron chi connectivity index (χ2n) is 3.54. The molecule has 0 amide bonds. The van der Waals surface area contributed by atoms with Crippen LogP contribution in [0.25, 0.3) is 0 Å². The lowest BCUT2D eigenvalue weighted by atomic mass is 10.2. The Balaban J connectivity index is 4.91. The van der Waals surface area contributed by atoms with E-state index in [1.165, 1.54) is 0 Å². The van der Waals surface area contributed by atoms with Gasteiger partial charge in [0, 0.05) is 6.42 Å². The van der Waals surface area contributed by atoms with E-state index in [0.717, 1.165) is 0 Å². The first-order valence-electron chi connectivity index (χ1n) is 4.87. The van der Waals surface area contributed by atoms with Crippen molar-refractivity contribution in [1.29, 1.82) is 0 Å². The summed E-state index contributed by atoms with van der Waals surface area (Å²) >= 11 is 0. The van der Waals surface area contributed by atoms with E-state index < -0.39 is 43.1 Å². The van der Waals surface area contributed by atoms with Crippen LogP contribution in [0.5, 0.6) is 0 Å². The molecular formula is C9H9F9O2. The lowest BCUT2D eigenvalue weighted by Gasteiger charge is -2.29. The minimum Gasteiger partial charge on any atom is -0.402 e. The Labute approximate surface area is 107 Å². The van der Waals surface area contributed by atoms with Gasteiger partial charge in [-0.25, -0.2) is 0 Å². The lowest BCUT2D eigenvalue weighted by Crippen LogP contribution is -2.50. The monoisotopic (exact) mass is 320 g/mol. The van der Waals surface area contributed by atoms with Crippen molar-refractivity contribution in [3.63, 3.8) is 0 Å². The van der Waals surface area contributed by atoms with Gasteiger partial charge in [-0.3, -0.25) is 0 Å². The van der Waals surface area contributed by atoms with Crippen molar-refractivity contribution in [3.05, 3.63) is 12.6 Å². The summed E-state index contributed by atoms with van der Waals surface area (Å²) in [5.41, 5.74) is 0. The number of alkyl halides is 8. The highest BCUT2D eigenvalue weighted by Crippen LogP contribution is 2.42. The van der Waals surface area contributed by atoms with Gasteiger partial charge in [-0.2, -0.15) is 39.5 Å². The van der Waals surface area contributed by atoms with Crippen LogP contribution < -0.4 is 0 Å². The number of halogens is 9. The molecule has 0 aliphatic carbocycles. The molecule has 0 rings (SSSR count). The van der Waals surface area contributed by atoms with E-state index in [1.54, 1.807) is 0 Å². The lowest BCUT2D eigenvalue weighted by molar-refractivity contribution is -0.395. The summed E-state index contributed by atoms with van der Waals surface area (Å²) < 4.78 is 119. The third kappa shape index (κ3) is 4.18. The highest BCUT2D eigenvalue weighted by molar-refractivity contribution is 4.83. The predicted octanol–water partition coefficient (Wildman–Crippen LogP) is 4.33. The largest absolute Gasteiger partial charge is 0.468 e. The molecule has 0 aromatic carbocycles. The molecule has 0 aromatic rings. The first kappa shape index (κ1) is 18.9. The summed E-state index contributed by atoms with van der Waals surface area (Å²) in [6.07, 6.45) is -12.5. The Morgan fingerprint density at radius 3 is 1.70 bits per heavy atom. The quantitative estimate of drug-likeness (QED) is 0.490. The molecule has 0 atom stereocenters. The zero-order chi connectivity index (χ0) is 16.4. The molecule has 2 nitrogen and oxygen atoms in total. The minimum absolute atomic E-state index is 0.597. The molecule has 0 aliphatic rings. The van der Waals surface area contributed by atoms with Crippen LogP contribution in [-0.4, -0.2) is 30.7 Å². The number of hydrogen-bond donors (Lipinski definition) is 0. The summed E-state index contributed by atoms with van der Waals surface area (Å²) in [6, 6.07) is -2.32. The molecule has 11 heteroatoms. The molecule has 0 saturated heterocycles. The van der Waals surface area contributed by atoms with Crippen LogP contribution in [0.1, 0.15) is 13.3 Å². The Morgan fingerprint density at radius 2 is 1.35 bits per heavy atom. The van der Waals surface area contributed by atoms with Crippen LogP contribution in [0.4, 0.5) is 39.5 Å². The van der Waals surface area contributed by atoms with Gasteiger partial charge in [0.1, 0.15) is 6.61 Å². The maximum absolute atomic E-state index is 12.8. The second-order valence-corrected chi connectivity index (χ2v) is 3.54. The SMILES string of the molecule is C=C(F)OC(F)(F)C(F)(F)COC(F)(F)C(F)(F)CC. The summed E-state index contributed by atoms with van der Waals surface area (Å²) in [5, 5.41) is 0. The molecular weight excluding hydrogens is 311 g/mol. The molecule has 0 N–H and O–H groups in total. The first-order chi connectivity index (χ1) is 8.68. The van der Waals surface area contributed by atoms with Crippen molar-refractivity contribution in [3.8, 4) is 0 Å². The fourth-order valence-electron chi connectivity index (χ4n) is 0.790. The van der Waals surface area contributed by atoms with Gasteiger partial charge >= 0.3 is 24.1 Å². The summed E-state index contributed by atoms with van der Waals surface area (Å²) in [7, 11) is 0. The maximum Gasteiger partial charge on any atom is 0.468 e. The van der Waals surface area contributed by atoms with E-state index in [1.807, 2.05) is 0 Å². The molecule has 0 spiro atoms. The average molecular weight is 320 g/mol. The average Bonchev–Trinajstić information content (AvgIpc) is 2.24. The van der Waals surface area contributed by atoms with Crippen molar-refractivity contribution in [2.24, 2.45) is 0 Å². The van der Waals surface area contributed by atoms with E-state index >= 15 is 0 Å². The first-order valence-corrected chi connectivity index (χ1v) is 4.87. The van der Waals surface area contributed by atoms with Gasteiger partial charge < -0.3 is 9.47 Å². The van der Waals surface area contributed by atoms with Gasteiger partial charge in [0.2, 0.25) is 0 Å². The number of ether oxygens (including phenoxy) is 2.